The Morgan fingerprint density at radius 3 is 2.72 bits per heavy atom. The van der Waals surface area contributed by atoms with Crippen molar-refractivity contribution in [3.8, 4) is 0 Å². The van der Waals surface area contributed by atoms with E-state index >= 15 is 0 Å². The van der Waals surface area contributed by atoms with Gasteiger partial charge in [0.05, 0.1) is 5.56 Å². The van der Waals surface area contributed by atoms with Crippen molar-refractivity contribution in [1.82, 2.24) is 10.6 Å². The fourth-order valence-corrected chi connectivity index (χ4v) is 2.22. The molecule has 1 heterocycles. The van der Waals surface area contributed by atoms with Crippen LogP contribution in [0.25, 0.3) is 0 Å². The van der Waals surface area contributed by atoms with Gasteiger partial charge in [-0.05, 0) is 19.9 Å². The molecule has 0 bridgehead atoms. The van der Waals surface area contributed by atoms with Crippen molar-refractivity contribution in [2.24, 2.45) is 0 Å². The lowest BCUT2D eigenvalue weighted by molar-refractivity contribution is -0.121. The molecule has 1 aromatic heterocycles. The SMILES string of the molecule is CC(C)NC(=O)CCNCc1cc(C(=O)O)cs1. The molecule has 6 heteroatoms. The summed E-state index contributed by atoms with van der Waals surface area (Å²) in [5.74, 6) is -0.885. The molecule has 0 aliphatic rings. The summed E-state index contributed by atoms with van der Waals surface area (Å²) in [5.41, 5.74) is 0.314. The summed E-state index contributed by atoms with van der Waals surface area (Å²) in [7, 11) is 0. The van der Waals surface area contributed by atoms with Crippen molar-refractivity contribution < 1.29 is 14.7 Å². The van der Waals surface area contributed by atoms with Gasteiger partial charge < -0.3 is 15.7 Å². The van der Waals surface area contributed by atoms with E-state index in [1.807, 2.05) is 13.8 Å². The Bertz CT molecular complexity index is 415. The molecule has 0 atom stereocenters. The number of carboxylic acids is 1. The molecule has 0 fully saturated rings. The van der Waals surface area contributed by atoms with E-state index in [2.05, 4.69) is 10.6 Å². The number of carboxylic acid groups (broad SMARTS) is 1. The second kappa shape index (κ2) is 7.13. The van der Waals surface area contributed by atoms with Crippen LogP contribution >= 0.6 is 11.3 Å². The van der Waals surface area contributed by atoms with Crippen LogP contribution in [0.1, 0.15) is 35.5 Å². The summed E-state index contributed by atoms with van der Waals surface area (Å²) in [6, 6.07) is 1.81. The Kier molecular flexibility index (Phi) is 5.80. The van der Waals surface area contributed by atoms with E-state index in [4.69, 9.17) is 5.11 Å². The van der Waals surface area contributed by atoms with Gasteiger partial charge in [0.2, 0.25) is 5.91 Å². The average Bonchev–Trinajstić information content (AvgIpc) is 2.72. The summed E-state index contributed by atoms with van der Waals surface area (Å²) in [4.78, 5) is 23.0. The molecule has 0 aromatic carbocycles. The maximum atomic E-state index is 11.3. The lowest BCUT2D eigenvalue weighted by Gasteiger charge is -2.08. The van der Waals surface area contributed by atoms with E-state index in [-0.39, 0.29) is 11.9 Å². The van der Waals surface area contributed by atoms with E-state index < -0.39 is 5.97 Å². The van der Waals surface area contributed by atoms with E-state index in [9.17, 15) is 9.59 Å². The quantitative estimate of drug-likeness (QED) is 0.655. The summed E-state index contributed by atoms with van der Waals surface area (Å²) in [6.07, 6.45) is 0.426. The zero-order chi connectivity index (χ0) is 13.5. The van der Waals surface area contributed by atoms with Crippen molar-refractivity contribution in [2.45, 2.75) is 32.9 Å². The predicted molar refractivity (Wildman–Crippen MR) is 70.9 cm³/mol. The standard InChI is InChI=1S/C12H18N2O3S/c1-8(2)14-11(15)3-4-13-6-10-5-9(7-18-10)12(16)17/h5,7-8,13H,3-4,6H2,1-2H3,(H,14,15)(H,16,17). The van der Waals surface area contributed by atoms with Crippen LogP contribution in [-0.4, -0.2) is 29.6 Å². The molecular formula is C12H18N2O3S. The second-order valence-electron chi connectivity index (χ2n) is 4.26. The number of aromatic carboxylic acids is 1. The fourth-order valence-electron chi connectivity index (χ4n) is 1.39. The first-order valence-electron chi connectivity index (χ1n) is 5.80. The Morgan fingerprint density at radius 1 is 1.44 bits per heavy atom. The smallest absolute Gasteiger partial charge is 0.336 e. The molecule has 1 amide bonds. The minimum atomic E-state index is -0.909. The number of amides is 1. The van der Waals surface area contributed by atoms with Gasteiger partial charge in [0.15, 0.2) is 0 Å². The molecule has 0 unspecified atom stereocenters. The maximum Gasteiger partial charge on any atom is 0.336 e. The summed E-state index contributed by atoms with van der Waals surface area (Å²) in [6.45, 7) is 5.01. The normalized spacial score (nSPS) is 10.6. The molecule has 5 nitrogen and oxygen atoms in total. The predicted octanol–water partition coefficient (Wildman–Crippen LogP) is 1.45. The zero-order valence-electron chi connectivity index (χ0n) is 10.5. The van der Waals surface area contributed by atoms with Crippen LogP contribution in [0.4, 0.5) is 0 Å². The topological polar surface area (TPSA) is 78.4 Å². The van der Waals surface area contributed by atoms with Crippen molar-refractivity contribution in [3.05, 3.63) is 21.9 Å². The van der Waals surface area contributed by atoms with Crippen LogP contribution in [0.5, 0.6) is 0 Å². The molecule has 0 spiro atoms. The number of nitrogens with one attached hydrogen (secondary N) is 2. The molecular weight excluding hydrogens is 252 g/mol. The number of hydrogen-bond donors (Lipinski definition) is 3. The number of thiophene rings is 1. The van der Waals surface area contributed by atoms with Gasteiger partial charge in [-0.3, -0.25) is 4.79 Å². The van der Waals surface area contributed by atoms with Crippen molar-refractivity contribution >= 4 is 23.2 Å². The molecule has 100 valence electrons. The van der Waals surface area contributed by atoms with Gasteiger partial charge in [-0.15, -0.1) is 11.3 Å². The Labute approximate surface area is 110 Å². The average molecular weight is 270 g/mol. The fraction of sp³-hybridized carbons (Fsp3) is 0.500. The van der Waals surface area contributed by atoms with Crippen LogP contribution in [0.3, 0.4) is 0 Å². The van der Waals surface area contributed by atoms with E-state index in [0.717, 1.165) is 4.88 Å². The summed E-state index contributed by atoms with van der Waals surface area (Å²) in [5, 5.41) is 16.3. The minimum absolute atomic E-state index is 0.0231. The number of rotatable bonds is 7. The molecule has 1 rings (SSSR count). The number of hydrogen-bond acceptors (Lipinski definition) is 4. The number of carbonyl (C=O) groups is 2. The monoisotopic (exact) mass is 270 g/mol. The summed E-state index contributed by atoms with van der Waals surface area (Å²) >= 11 is 1.40. The Morgan fingerprint density at radius 2 is 2.17 bits per heavy atom. The van der Waals surface area contributed by atoms with Crippen LogP contribution < -0.4 is 10.6 Å². The van der Waals surface area contributed by atoms with Crippen molar-refractivity contribution in [1.29, 1.82) is 0 Å². The van der Waals surface area contributed by atoms with Gasteiger partial charge in [-0.1, -0.05) is 0 Å². The van der Waals surface area contributed by atoms with Gasteiger partial charge in [-0.25, -0.2) is 4.79 Å². The molecule has 0 aliphatic heterocycles. The third-order valence-electron chi connectivity index (χ3n) is 2.18. The van der Waals surface area contributed by atoms with Crippen molar-refractivity contribution in [2.75, 3.05) is 6.54 Å². The largest absolute Gasteiger partial charge is 0.478 e. The molecule has 3 N–H and O–H groups in total. The van der Waals surface area contributed by atoms with Gasteiger partial charge in [0.25, 0.3) is 0 Å². The van der Waals surface area contributed by atoms with Gasteiger partial charge in [0.1, 0.15) is 0 Å². The third-order valence-corrected chi connectivity index (χ3v) is 3.12. The maximum absolute atomic E-state index is 11.3. The lowest BCUT2D eigenvalue weighted by Crippen LogP contribution is -2.32. The second-order valence-corrected chi connectivity index (χ2v) is 5.25. The minimum Gasteiger partial charge on any atom is -0.478 e. The Hall–Kier alpha value is -1.40. The first kappa shape index (κ1) is 14.7. The first-order valence-corrected chi connectivity index (χ1v) is 6.67. The molecule has 0 radical (unpaired) electrons. The highest BCUT2D eigenvalue weighted by molar-refractivity contribution is 7.10. The highest BCUT2D eigenvalue weighted by atomic mass is 32.1. The Balaban J connectivity index is 2.21. The molecule has 1 aromatic rings. The van der Waals surface area contributed by atoms with Crippen LogP contribution in [0.2, 0.25) is 0 Å². The van der Waals surface area contributed by atoms with E-state index in [1.54, 1.807) is 11.4 Å². The molecule has 0 saturated heterocycles. The first-order chi connectivity index (χ1) is 8.49. The summed E-state index contributed by atoms with van der Waals surface area (Å²) < 4.78 is 0. The van der Waals surface area contributed by atoms with Crippen LogP contribution in [-0.2, 0) is 11.3 Å². The third kappa shape index (κ3) is 5.29. The van der Waals surface area contributed by atoms with Crippen LogP contribution in [0.15, 0.2) is 11.4 Å². The molecule has 0 aliphatic carbocycles. The van der Waals surface area contributed by atoms with Crippen molar-refractivity contribution in [3.63, 3.8) is 0 Å². The highest BCUT2D eigenvalue weighted by Gasteiger charge is 2.06. The van der Waals surface area contributed by atoms with Gasteiger partial charge in [-0.2, -0.15) is 0 Å². The zero-order valence-corrected chi connectivity index (χ0v) is 11.3. The van der Waals surface area contributed by atoms with Gasteiger partial charge >= 0.3 is 5.97 Å². The molecule has 0 saturated carbocycles. The van der Waals surface area contributed by atoms with E-state index in [0.29, 0.717) is 25.1 Å². The van der Waals surface area contributed by atoms with Gasteiger partial charge in [0, 0.05) is 35.8 Å². The molecule has 18 heavy (non-hydrogen) atoms. The lowest BCUT2D eigenvalue weighted by atomic mass is 10.3. The number of carbonyl (C=O) groups excluding carboxylic acids is 1. The van der Waals surface area contributed by atoms with E-state index in [1.165, 1.54) is 11.3 Å². The highest BCUT2D eigenvalue weighted by Crippen LogP contribution is 2.14. The van der Waals surface area contributed by atoms with Crippen LogP contribution in [0, 0.1) is 0 Å².